The molecule has 1 rings (SSSR count). The highest BCUT2D eigenvalue weighted by atomic mass is 16.7. The van der Waals surface area contributed by atoms with Crippen LogP contribution in [0.5, 0.6) is 0 Å². The molecule has 0 aromatic rings. The van der Waals surface area contributed by atoms with Crippen LogP contribution >= 0.6 is 0 Å². The minimum Gasteiger partial charge on any atom is -0.441 e. The van der Waals surface area contributed by atoms with E-state index >= 15 is 0 Å². The first-order valence-corrected chi connectivity index (χ1v) is 15.2. The van der Waals surface area contributed by atoms with Crippen LogP contribution < -0.4 is 5.32 Å². The van der Waals surface area contributed by atoms with E-state index in [-0.39, 0.29) is 19.8 Å². The van der Waals surface area contributed by atoms with Gasteiger partial charge in [-0.25, -0.2) is 9.59 Å². The van der Waals surface area contributed by atoms with Gasteiger partial charge in [0.05, 0.1) is 145 Å². The Kier molecular flexibility index (Phi) is 30.6. The van der Waals surface area contributed by atoms with Crippen LogP contribution in [0, 0.1) is 0 Å². The molecule has 1 N–H and O–H groups in total. The summed E-state index contributed by atoms with van der Waals surface area (Å²) in [5.74, 6) is 0. The van der Waals surface area contributed by atoms with Gasteiger partial charge < -0.3 is 71.6 Å². The summed E-state index contributed by atoms with van der Waals surface area (Å²) in [5, 5.41) is 2.46. The average Bonchev–Trinajstić information content (AvgIpc) is 3.47. The van der Waals surface area contributed by atoms with Crippen molar-refractivity contribution in [3.8, 4) is 0 Å². The number of amides is 1. The zero-order valence-electron chi connectivity index (χ0n) is 26.6. The quantitative estimate of drug-likeness (QED) is 0.0713. The lowest BCUT2D eigenvalue weighted by molar-refractivity contribution is -0.0282. The van der Waals surface area contributed by atoms with Gasteiger partial charge in [-0.05, 0) is 0 Å². The van der Waals surface area contributed by atoms with Gasteiger partial charge in [0.1, 0.15) is 13.2 Å². The fraction of sp³-hybridized carbons (Fsp3) is 0.929. The van der Waals surface area contributed by atoms with Gasteiger partial charge in [-0.15, -0.1) is 0 Å². The van der Waals surface area contributed by atoms with Gasteiger partial charge >= 0.3 is 12.2 Å². The number of cyclic esters (lactones) is 1. The third-order valence-electron chi connectivity index (χ3n) is 5.36. The number of hydrogen-bond acceptors (Lipinski definition) is 16. The number of methoxy groups -OCH3 is 1. The summed E-state index contributed by atoms with van der Waals surface area (Å²) in [7, 11) is 1.64. The van der Waals surface area contributed by atoms with Crippen LogP contribution in [0.2, 0.25) is 0 Å². The molecule has 45 heavy (non-hydrogen) atoms. The average molecular weight is 660 g/mol. The summed E-state index contributed by atoms with van der Waals surface area (Å²) < 4.78 is 73.4. The standard InChI is InChI=1S/C28H53NO16/c1-32-2-3-33-4-5-34-6-7-35-8-9-36-10-11-37-12-13-38-14-15-39-16-17-40-18-19-41-20-21-42-22-23-43-28(31)44-25-26-24-29-27(30)45-26/h26H,2-25H2,1H3,(H,29,30)/t26-/m0/s1. The highest BCUT2D eigenvalue weighted by Crippen LogP contribution is 2.01. The molecule has 0 aromatic carbocycles. The molecule has 0 saturated carbocycles. The van der Waals surface area contributed by atoms with Gasteiger partial charge in [0.25, 0.3) is 0 Å². The second-order valence-electron chi connectivity index (χ2n) is 8.93. The van der Waals surface area contributed by atoms with E-state index in [1.165, 1.54) is 0 Å². The topological polar surface area (TPSA) is 175 Å². The van der Waals surface area contributed by atoms with E-state index in [0.29, 0.717) is 139 Å². The molecule has 0 aromatic heterocycles. The van der Waals surface area contributed by atoms with E-state index in [1.807, 2.05) is 0 Å². The maximum Gasteiger partial charge on any atom is 0.508 e. The molecule has 0 spiro atoms. The van der Waals surface area contributed by atoms with Crippen LogP contribution in [-0.4, -0.2) is 184 Å². The molecule has 0 bridgehead atoms. The highest BCUT2D eigenvalue weighted by molar-refractivity contribution is 5.69. The van der Waals surface area contributed by atoms with Crippen molar-refractivity contribution < 1.29 is 75.9 Å². The molecular weight excluding hydrogens is 606 g/mol. The van der Waals surface area contributed by atoms with Crippen LogP contribution in [0.1, 0.15) is 0 Å². The van der Waals surface area contributed by atoms with Gasteiger partial charge in [0.2, 0.25) is 0 Å². The van der Waals surface area contributed by atoms with E-state index in [1.54, 1.807) is 7.11 Å². The van der Waals surface area contributed by atoms with Crippen molar-refractivity contribution >= 4 is 12.2 Å². The molecule has 266 valence electrons. The van der Waals surface area contributed by atoms with Crippen molar-refractivity contribution in [2.45, 2.75) is 6.10 Å². The Morgan fingerprint density at radius 1 is 0.533 bits per heavy atom. The summed E-state index contributed by atoms with van der Waals surface area (Å²) in [6.07, 6.45) is -1.87. The monoisotopic (exact) mass is 659 g/mol. The summed E-state index contributed by atoms with van der Waals surface area (Å²) in [6.45, 7) is 10.2. The lowest BCUT2D eigenvalue weighted by Crippen LogP contribution is -2.23. The fourth-order valence-electron chi connectivity index (χ4n) is 3.13. The maximum atomic E-state index is 11.4. The third-order valence-corrected chi connectivity index (χ3v) is 5.36. The van der Waals surface area contributed by atoms with Crippen LogP contribution in [0.15, 0.2) is 0 Å². The first-order valence-electron chi connectivity index (χ1n) is 15.2. The summed E-state index contributed by atoms with van der Waals surface area (Å²) in [6, 6.07) is 0. The summed E-state index contributed by atoms with van der Waals surface area (Å²) >= 11 is 0. The summed E-state index contributed by atoms with van der Waals surface area (Å²) in [4.78, 5) is 22.3. The van der Waals surface area contributed by atoms with Crippen molar-refractivity contribution in [1.82, 2.24) is 5.32 Å². The number of carbonyl (C=O) groups excluding carboxylic acids is 2. The van der Waals surface area contributed by atoms with Crippen molar-refractivity contribution in [2.75, 3.05) is 166 Å². The van der Waals surface area contributed by atoms with E-state index < -0.39 is 18.4 Å². The van der Waals surface area contributed by atoms with Crippen molar-refractivity contribution in [1.29, 1.82) is 0 Å². The van der Waals surface area contributed by atoms with Crippen molar-refractivity contribution in [3.05, 3.63) is 0 Å². The van der Waals surface area contributed by atoms with E-state index in [4.69, 9.17) is 66.3 Å². The van der Waals surface area contributed by atoms with Crippen LogP contribution in [0.25, 0.3) is 0 Å². The zero-order chi connectivity index (χ0) is 32.3. The molecule has 1 heterocycles. The van der Waals surface area contributed by atoms with Gasteiger partial charge in [0, 0.05) is 7.11 Å². The number of alkyl carbamates (subject to hydrolysis) is 1. The maximum absolute atomic E-state index is 11.4. The highest BCUT2D eigenvalue weighted by Gasteiger charge is 2.24. The largest absolute Gasteiger partial charge is 0.508 e. The molecule has 0 unspecified atom stereocenters. The molecule has 17 heteroatoms. The number of ether oxygens (including phenoxy) is 14. The predicted octanol–water partition coefficient (Wildman–Crippen LogP) is 0.0604. The molecular formula is C28H53NO16. The Balaban J connectivity index is 1.63. The molecule has 1 fully saturated rings. The Morgan fingerprint density at radius 3 is 1.13 bits per heavy atom. The lowest BCUT2D eigenvalue weighted by Gasteiger charge is -2.10. The van der Waals surface area contributed by atoms with Crippen LogP contribution in [0.3, 0.4) is 0 Å². The molecule has 17 nitrogen and oxygen atoms in total. The molecule has 1 aliphatic heterocycles. The predicted molar refractivity (Wildman–Crippen MR) is 156 cm³/mol. The van der Waals surface area contributed by atoms with Crippen LogP contribution in [0.4, 0.5) is 9.59 Å². The van der Waals surface area contributed by atoms with Gasteiger partial charge in [0.15, 0.2) is 6.10 Å². The second kappa shape index (κ2) is 33.5. The molecule has 1 amide bonds. The van der Waals surface area contributed by atoms with Gasteiger partial charge in [-0.3, -0.25) is 0 Å². The SMILES string of the molecule is COCCOCCOCCOCCOCCOCCOCCOCCOCCOCCOCCOC(=O)OC[C@@H]1CNC(=O)O1. The smallest absolute Gasteiger partial charge is 0.441 e. The Bertz CT molecular complexity index is 662. The van der Waals surface area contributed by atoms with Crippen LogP contribution in [-0.2, 0) is 66.3 Å². The minimum atomic E-state index is -0.844. The normalized spacial score (nSPS) is 14.4. The molecule has 0 aliphatic carbocycles. The molecule has 0 radical (unpaired) electrons. The van der Waals surface area contributed by atoms with E-state index in [0.717, 1.165) is 0 Å². The van der Waals surface area contributed by atoms with Gasteiger partial charge in [-0.2, -0.15) is 0 Å². The Morgan fingerprint density at radius 2 is 0.844 bits per heavy atom. The molecule has 1 aliphatic rings. The first-order chi connectivity index (χ1) is 22.2. The lowest BCUT2D eigenvalue weighted by atomic mass is 10.4. The van der Waals surface area contributed by atoms with E-state index in [2.05, 4.69) is 5.32 Å². The van der Waals surface area contributed by atoms with Crippen molar-refractivity contribution in [3.63, 3.8) is 0 Å². The fourth-order valence-corrected chi connectivity index (χ4v) is 3.13. The minimum absolute atomic E-state index is 0.0438. The molecule has 1 atom stereocenters. The number of rotatable bonds is 35. The number of nitrogens with one attached hydrogen (secondary N) is 1. The summed E-state index contributed by atoms with van der Waals surface area (Å²) in [5.41, 5.74) is 0. The number of hydrogen-bond donors (Lipinski definition) is 1. The Hall–Kier alpha value is -1.90. The first kappa shape index (κ1) is 41.1. The second-order valence-corrected chi connectivity index (χ2v) is 8.93. The number of carbonyl (C=O) groups is 2. The third kappa shape index (κ3) is 30.5. The molecule has 1 saturated heterocycles. The van der Waals surface area contributed by atoms with Crippen molar-refractivity contribution in [2.24, 2.45) is 0 Å². The Labute approximate surface area is 265 Å². The van der Waals surface area contributed by atoms with Gasteiger partial charge in [-0.1, -0.05) is 0 Å². The zero-order valence-corrected chi connectivity index (χ0v) is 26.6. The van der Waals surface area contributed by atoms with E-state index in [9.17, 15) is 9.59 Å².